The molecule has 0 spiro atoms. The van der Waals surface area contributed by atoms with Crippen LogP contribution in [0.15, 0.2) is 43.0 Å². The van der Waals surface area contributed by atoms with Crippen molar-refractivity contribution in [3.63, 3.8) is 0 Å². The average molecular weight is 257 g/mol. The van der Waals surface area contributed by atoms with Gasteiger partial charge in [-0.25, -0.2) is 0 Å². The number of amides is 2. The Kier molecular flexibility index (Phi) is 3.84. The Bertz CT molecular complexity index is 495. The molecule has 1 aromatic rings. The molecule has 1 fully saturated rings. The summed E-state index contributed by atoms with van der Waals surface area (Å²) in [6.45, 7) is 6.14. The van der Waals surface area contributed by atoms with Crippen molar-refractivity contribution in [1.82, 2.24) is 4.90 Å². The number of piperidine rings is 1. The van der Waals surface area contributed by atoms with Crippen LogP contribution in [0.4, 0.5) is 0 Å². The second-order valence-corrected chi connectivity index (χ2v) is 5.28. The average Bonchev–Trinajstić information content (AvgIpc) is 2.43. The minimum Gasteiger partial charge on any atom is -0.278 e. The van der Waals surface area contributed by atoms with Gasteiger partial charge < -0.3 is 0 Å². The molecule has 1 heterocycles. The standard InChI is InChI=1S/C16H19NO2/c1-3-10-16(2)11-7-12-17(15(16)19)14(18)13-8-5-4-6-9-13/h3-6,8-9H,1,7,10-12H2,2H3/t16-/m1/s1. The van der Waals surface area contributed by atoms with E-state index in [0.717, 1.165) is 12.8 Å². The number of carbonyl (C=O) groups excluding carboxylic acids is 2. The highest BCUT2D eigenvalue weighted by Gasteiger charge is 2.41. The molecular weight excluding hydrogens is 238 g/mol. The van der Waals surface area contributed by atoms with E-state index >= 15 is 0 Å². The van der Waals surface area contributed by atoms with E-state index in [1.807, 2.05) is 25.1 Å². The topological polar surface area (TPSA) is 37.4 Å². The molecule has 0 N–H and O–H groups in total. The Morgan fingerprint density at radius 2 is 2.11 bits per heavy atom. The number of allylic oxidation sites excluding steroid dienone is 1. The summed E-state index contributed by atoms with van der Waals surface area (Å²) in [5, 5.41) is 0. The van der Waals surface area contributed by atoms with Crippen LogP contribution < -0.4 is 0 Å². The van der Waals surface area contributed by atoms with Gasteiger partial charge >= 0.3 is 0 Å². The van der Waals surface area contributed by atoms with Crippen LogP contribution >= 0.6 is 0 Å². The van der Waals surface area contributed by atoms with Gasteiger partial charge in [0.2, 0.25) is 5.91 Å². The zero-order valence-corrected chi connectivity index (χ0v) is 11.3. The summed E-state index contributed by atoms with van der Waals surface area (Å²) in [7, 11) is 0. The summed E-state index contributed by atoms with van der Waals surface area (Å²) in [5.41, 5.74) is 0.0865. The molecule has 1 saturated heterocycles. The van der Waals surface area contributed by atoms with E-state index in [0.29, 0.717) is 18.5 Å². The van der Waals surface area contributed by atoms with Gasteiger partial charge in [0.25, 0.3) is 5.91 Å². The molecule has 0 unspecified atom stereocenters. The number of hydrogen-bond acceptors (Lipinski definition) is 2. The van der Waals surface area contributed by atoms with Gasteiger partial charge in [0.05, 0.1) is 5.41 Å². The number of hydrogen-bond donors (Lipinski definition) is 0. The highest BCUT2D eigenvalue weighted by Crippen LogP contribution is 2.35. The summed E-state index contributed by atoms with van der Waals surface area (Å²) >= 11 is 0. The fourth-order valence-electron chi connectivity index (χ4n) is 2.60. The molecule has 0 aliphatic carbocycles. The lowest BCUT2D eigenvalue weighted by Gasteiger charge is -2.37. The molecule has 0 bridgehead atoms. The van der Waals surface area contributed by atoms with E-state index in [9.17, 15) is 9.59 Å². The summed E-state index contributed by atoms with van der Waals surface area (Å²) in [5.74, 6) is -0.270. The first kappa shape index (κ1) is 13.5. The molecule has 3 nitrogen and oxygen atoms in total. The van der Waals surface area contributed by atoms with E-state index in [1.165, 1.54) is 4.90 Å². The van der Waals surface area contributed by atoms with Crippen molar-refractivity contribution in [3.05, 3.63) is 48.6 Å². The van der Waals surface area contributed by atoms with Crippen LogP contribution in [0.5, 0.6) is 0 Å². The van der Waals surface area contributed by atoms with Crippen LogP contribution in [0.2, 0.25) is 0 Å². The second-order valence-electron chi connectivity index (χ2n) is 5.28. The van der Waals surface area contributed by atoms with Crippen molar-refractivity contribution in [2.45, 2.75) is 26.2 Å². The zero-order chi connectivity index (χ0) is 13.9. The summed E-state index contributed by atoms with van der Waals surface area (Å²) < 4.78 is 0. The zero-order valence-electron chi connectivity index (χ0n) is 11.3. The molecule has 3 heteroatoms. The van der Waals surface area contributed by atoms with E-state index in [4.69, 9.17) is 0 Å². The van der Waals surface area contributed by atoms with Crippen LogP contribution in [0.3, 0.4) is 0 Å². The van der Waals surface area contributed by atoms with Crippen molar-refractivity contribution < 1.29 is 9.59 Å². The number of rotatable bonds is 3. The number of likely N-dealkylation sites (tertiary alicyclic amines) is 1. The first-order chi connectivity index (χ1) is 9.08. The Hall–Kier alpha value is -1.90. The predicted molar refractivity (Wildman–Crippen MR) is 74.6 cm³/mol. The SMILES string of the molecule is C=CC[C@]1(C)CCCN(C(=O)c2ccccc2)C1=O. The van der Waals surface area contributed by atoms with Crippen LogP contribution in [-0.2, 0) is 4.79 Å². The molecule has 1 aliphatic heterocycles. The monoisotopic (exact) mass is 257 g/mol. The molecule has 1 aromatic carbocycles. The molecule has 2 amide bonds. The minimum atomic E-state index is -0.482. The summed E-state index contributed by atoms with van der Waals surface area (Å²) in [6, 6.07) is 8.97. The quantitative estimate of drug-likeness (QED) is 0.616. The summed E-state index contributed by atoms with van der Waals surface area (Å²) in [6.07, 6.45) is 4.05. The van der Waals surface area contributed by atoms with Crippen molar-refractivity contribution in [1.29, 1.82) is 0 Å². The van der Waals surface area contributed by atoms with Crippen LogP contribution in [-0.4, -0.2) is 23.3 Å². The maximum Gasteiger partial charge on any atom is 0.260 e. The van der Waals surface area contributed by atoms with Crippen molar-refractivity contribution in [2.75, 3.05) is 6.54 Å². The van der Waals surface area contributed by atoms with Gasteiger partial charge in [0, 0.05) is 12.1 Å². The van der Waals surface area contributed by atoms with Gasteiger partial charge in [-0.05, 0) is 31.4 Å². The highest BCUT2D eigenvalue weighted by molar-refractivity contribution is 6.06. The van der Waals surface area contributed by atoms with Gasteiger partial charge in [0.15, 0.2) is 0 Å². The molecule has 19 heavy (non-hydrogen) atoms. The first-order valence-corrected chi connectivity index (χ1v) is 6.61. The Morgan fingerprint density at radius 3 is 2.74 bits per heavy atom. The molecule has 0 saturated carbocycles. The number of carbonyl (C=O) groups is 2. The fraction of sp³-hybridized carbons (Fsp3) is 0.375. The largest absolute Gasteiger partial charge is 0.278 e. The van der Waals surface area contributed by atoms with Gasteiger partial charge in [-0.3, -0.25) is 14.5 Å². The fourth-order valence-corrected chi connectivity index (χ4v) is 2.60. The van der Waals surface area contributed by atoms with Crippen molar-refractivity contribution in [2.24, 2.45) is 5.41 Å². The Balaban J connectivity index is 2.23. The van der Waals surface area contributed by atoms with Gasteiger partial charge in [-0.15, -0.1) is 6.58 Å². The lowest BCUT2D eigenvalue weighted by Crippen LogP contribution is -2.49. The summed E-state index contributed by atoms with van der Waals surface area (Å²) in [4.78, 5) is 26.3. The van der Waals surface area contributed by atoms with Gasteiger partial charge in [0.1, 0.15) is 0 Å². The Labute approximate surface area is 113 Å². The molecule has 1 atom stereocenters. The van der Waals surface area contributed by atoms with Crippen LogP contribution in [0.25, 0.3) is 0 Å². The third-order valence-electron chi connectivity index (χ3n) is 3.73. The smallest absolute Gasteiger partial charge is 0.260 e. The van der Waals surface area contributed by atoms with E-state index in [2.05, 4.69) is 6.58 Å². The third kappa shape index (κ3) is 2.60. The molecule has 0 aromatic heterocycles. The van der Waals surface area contributed by atoms with Crippen molar-refractivity contribution >= 4 is 11.8 Å². The van der Waals surface area contributed by atoms with Gasteiger partial charge in [-0.2, -0.15) is 0 Å². The second kappa shape index (κ2) is 5.39. The number of nitrogens with zero attached hydrogens (tertiary/aromatic N) is 1. The lowest BCUT2D eigenvalue weighted by atomic mass is 9.78. The predicted octanol–water partition coefficient (Wildman–Crippen LogP) is 3.03. The molecule has 100 valence electrons. The lowest BCUT2D eigenvalue weighted by molar-refractivity contribution is -0.141. The third-order valence-corrected chi connectivity index (χ3v) is 3.73. The highest BCUT2D eigenvalue weighted by atomic mass is 16.2. The van der Waals surface area contributed by atoms with Crippen LogP contribution in [0, 0.1) is 5.41 Å². The maximum absolute atomic E-state index is 12.5. The van der Waals surface area contributed by atoms with Crippen molar-refractivity contribution in [3.8, 4) is 0 Å². The van der Waals surface area contributed by atoms with Crippen LogP contribution in [0.1, 0.15) is 36.5 Å². The maximum atomic E-state index is 12.5. The molecular formula is C16H19NO2. The van der Waals surface area contributed by atoms with E-state index in [-0.39, 0.29) is 11.8 Å². The first-order valence-electron chi connectivity index (χ1n) is 6.61. The van der Waals surface area contributed by atoms with Gasteiger partial charge in [-0.1, -0.05) is 31.2 Å². The number of benzene rings is 1. The van der Waals surface area contributed by atoms with E-state index in [1.54, 1.807) is 18.2 Å². The number of imide groups is 1. The molecule has 0 radical (unpaired) electrons. The Morgan fingerprint density at radius 1 is 1.42 bits per heavy atom. The minimum absolute atomic E-state index is 0.0764. The normalized spacial score (nSPS) is 23.2. The van der Waals surface area contributed by atoms with E-state index < -0.39 is 5.41 Å². The molecule has 1 aliphatic rings. The molecule has 2 rings (SSSR count).